The second-order valence-electron chi connectivity index (χ2n) is 3.46. The van der Waals surface area contributed by atoms with Gasteiger partial charge < -0.3 is 5.43 Å². The lowest BCUT2D eigenvalue weighted by atomic mass is 10.1. The smallest absolute Gasteiger partial charge is 0.0656 e. The van der Waals surface area contributed by atoms with E-state index >= 15 is 0 Å². The second-order valence-corrected chi connectivity index (χ2v) is 4.32. The third kappa shape index (κ3) is 2.42. The van der Waals surface area contributed by atoms with Crippen molar-refractivity contribution in [2.75, 3.05) is 5.43 Å². The van der Waals surface area contributed by atoms with E-state index < -0.39 is 0 Å². The predicted molar refractivity (Wildman–Crippen MR) is 66.3 cm³/mol. The molecule has 0 aliphatic carbocycles. The molecular weight excluding hydrogens is 252 g/mol. The Balaban J connectivity index is 2.15. The topological polar surface area (TPSA) is 17.0 Å². The molecule has 0 amide bonds. The highest BCUT2D eigenvalue weighted by Gasteiger charge is 2.07. The van der Waals surface area contributed by atoms with Crippen LogP contribution < -0.4 is 5.43 Å². The molecule has 1 atom stereocenters. The SMILES string of the molecule is CC(Nn1cccc1)c1ccccc1Br. The molecule has 2 aromatic rings. The molecule has 1 N–H and O–H groups in total. The minimum atomic E-state index is 0.271. The van der Waals surface area contributed by atoms with Crippen LogP contribution in [0.1, 0.15) is 18.5 Å². The molecule has 2 rings (SSSR count). The summed E-state index contributed by atoms with van der Waals surface area (Å²) in [5.74, 6) is 0. The summed E-state index contributed by atoms with van der Waals surface area (Å²) in [6.07, 6.45) is 3.99. The van der Waals surface area contributed by atoms with Crippen molar-refractivity contribution >= 4 is 15.9 Å². The first-order valence-electron chi connectivity index (χ1n) is 4.91. The number of aromatic nitrogens is 1. The van der Waals surface area contributed by atoms with Gasteiger partial charge in [-0.1, -0.05) is 34.1 Å². The Morgan fingerprint density at radius 2 is 1.80 bits per heavy atom. The molecule has 3 heteroatoms. The van der Waals surface area contributed by atoms with E-state index in [1.807, 2.05) is 41.3 Å². The number of nitrogens with one attached hydrogen (secondary N) is 1. The van der Waals surface area contributed by atoms with Crippen molar-refractivity contribution in [2.45, 2.75) is 13.0 Å². The quantitative estimate of drug-likeness (QED) is 0.897. The van der Waals surface area contributed by atoms with E-state index in [0.717, 1.165) is 4.47 Å². The molecule has 0 spiro atoms. The van der Waals surface area contributed by atoms with E-state index in [-0.39, 0.29) is 6.04 Å². The van der Waals surface area contributed by atoms with Gasteiger partial charge in [-0.3, -0.25) is 4.68 Å². The van der Waals surface area contributed by atoms with Gasteiger partial charge in [-0.25, -0.2) is 0 Å². The van der Waals surface area contributed by atoms with Gasteiger partial charge in [0.15, 0.2) is 0 Å². The molecule has 0 fully saturated rings. The van der Waals surface area contributed by atoms with Gasteiger partial charge in [0.25, 0.3) is 0 Å². The molecule has 0 aliphatic heterocycles. The van der Waals surface area contributed by atoms with E-state index in [1.54, 1.807) is 0 Å². The van der Waals surface area contributed by atoms with Crippen molar-refractivity contribution in [3.05, 3.63) is 58.8 Å². The van der Waals surface area contributed by atoms with Crippen molar-refractivity contribution in [1.29, 1.82) is 0 Å². The minimum Gasteiger partial charge on any atom is -0.319 e. The highest BCUT2D eigenvalue weighted by Crippen LogP contribution is 2.23. The van der Waals surface area contributed by atoms with Crippen LogP contribution in [0.25, 0.3) is 0 Å². The van der Waals surface area contributed by atoms with E-state index in [0.29, 0.717) is 0 Å². The van der Waals surface area contributed by atoms with Gasteiger partial charge in [0, 0.05) is 16.9 Å². The molecule has 1 aromatic carbocycles. The molecule has 2 nitrogen and oxygen atoms in total. The third-order valence-corrected chi connectivity index (χ3v) is 3.04. The van der Waals surface area contributed by atoms with Crippen LogP contribution in [-0.2, 0) is 0 Å². The summed E-state index contributed by atoms with van der Waals surface area (Å²) in [5, 5.41) is 0. The summed E-state index contributed by atoms with van der Waals surface area (Å²) < 4.78 is 3.10. The zero-order valence-corrected chi connectivity index (χ0v) is 10.1. The summed E-state index contributed by atoms with van der Waals surface area (Å²) in [7, 11) is 0. The largest absolute Gasteiger partial charge is 0.319 e. The van der Waals surface area contributed by atoms with E-state index in [1.165, 1.54) is 5.56 Å². The number of halogens is 1. The fourth-order valence-electron chi connectivity index (χ4n) is 1.54. The average molecular weight is 265 g/mol. The van der Waals surface area contributed by atoms with Crippen LogP contribution in [0.3, 0.4) is 0 Å². The summed E-state index contributed by atoms with van der Waals surface area (Å²) in [5.41, 5.74) is 4.62. The Kier molecular flexibility index (Phi) is 3.11. The van der Waals surface area contributed by atoms with Gasteiger partial charge >= 0.3 is 0 Å². The van der Waals surface area contributed by atoms with E-state index in [9.17, 15) is 0 Å². The lowest BCUT2D eigenvalue weighted by Gasteiger charge is -2.17. The van der Waals surface area contributed by atoms with Gasteiger partial charge in [-0.15, -0.1) is 0 Å². The van der Waals surface area contributed by atoms with Crippen molar-refractivity contribution in [2.24, 2.45) is 0 Å². The average Bonchev–Trinajstić information content (AvgIpc) is 2.71. The molecular formula is C12H13BrN2. The lowest BCUT2D eigenvalue weighted by molar-refractivity contribution is 0.725. The summed E-state index contributed by atoms with van der Waals surface area (Å²) in [4.78, 5) is 0. The molecule has 1 aromatic heterocycles. The molecule has 78 valence electrons. The van der Waals surface area contributed by atoms with Crippen LogP contribution in [0.5, 0.6) is 0 Å². The van der Waals surface area contributed by atoms with Gasteiger partial charge in [-0.2, -0.15) is 0 Å². The summed E-state index contributed by atoms with van der Waals surface area (Å²) in [6, 6.07) is 12.5. The van der Waals surface area contributed by atoms with Crippen LogP contribution in [0.15, 0.2) is 53.3 Å². The number of hydrogen-bond acceptors (Lipinski definition) is 1. The Morgan fingerprint density at radius 1 is 1.13 bits per heavy atom. The Hall–Kier alpha value is -1.22. The monoisotopic (exact) mass is 264 g/mol. The minimum absolute atomic E-state index is 0.271. The number of benzene rings is 1. The number of nitrogens with zero attached hydrogens (tertiary/aromatic N) is 1. The van der Waals surface area contributed by atoms with Crippen molar-refractivity contribution < 1.29 is 0 Å². The molecule has 0 saturated heterocycles. The first kappa shape index (κ1) is 10.3. The maximum absolute atomic E-state index is 3.55. The Bertz CT molecular complexity index is 423. The highest BCUT2D eigenvalue weighted by molar-refractivity contribution is 9.10. The zero-order chi connectivity index (χ0) is 10.7. The summed E-state index contributed by atoms with van der Waals surface area (Å²) >= 11 is 3.55. The zero-order valence-electron chi connectivity index (χ0n) is 8.52. The molecule has 0 aliphatic rings. The van der Waals surface area contributed by atoms with Gasteiger partial charge in [0.1, 0.15) is 0 Å². The second kappa shape index (κ2) is 4.53. The van der Waals surface area contributed by atoms with Crippen molar-refractivity contribution in [1.82, 2.24) is 4.68 Å². The first-order chi connectivity index (χ1) is 7.27. The van der Waals surface area contributed by atoms with E-state index in [4.69, 9.17) is 0 Å². The maximum Gasteiger partial charge on any atom is 0.0656 e. The van der Waals surface area contributed by atoms with Crippen LogP contribution in [0.4, 0.5) is 0 Å². The number of hydrogen-bond donors (Lipinski definition) is 1. The standard InChI is InChI=1S/C12H13BrN2/c1-10(14-15-8-4-5-9-15)11-6-2-3-7-12(11)13/h2-10,14H,1H3. The van der Waals surface area contributed by atoms with Crippen LogP contribution in [0.2, 0.25) is 0 Å². The first-order valence-corrected chi connectivity index (χ1v) is 5.70. The molecule has 0 radical (unpaired) electrons. The van der Waals surface area contributed by atoms with Gasteiger partial charge in [0.05, 0.1) is 6.04 Å². The van der Waals surface area contributed by atoms with Crippen LogP contribution in [-0.4, -0.2) is 4.68 Å². The fourth-order valence-corrected chi connectivity index (χ4v) is 2.17. The van der Waals surface area contributed by atoms with Crippen LogP contribution in [0, 0.1) is 0 Å². The molecule has 1 unspecified atom stereocenters. The Labute approximate surface area is 98.0 Å². The van der Waals surface area contributed by atoms with Crippen molar-refractivity contribution in [3.8, 4) is 0 Å². The molecule has 0 saturated carbocycles. The molecule has 0 bridgehead atoms. The molecule has 1 heterocycles. The van der Waals surface area contributed by atoms with Crippen LogP contribution >= 0.6 is 15.9 Å². The fraction of sp³-hybridized carbons (Fsp3) is 0.167. The highest BCUT2D eigenvalue weighted by atomic mass is 79.9. The normalized spacial score (nSPS) is 12.4. The van der Waals surface area contributed by atoms with Crippen molar-refractivity contribution in [3.63, 3.8) is 0 Å². The Morgan fingerprint density at radius 3 is 2.47 bits per heavy atom. The third-order valence-electron chi connectivity index (χ3n) is 2.32. The van der Waals surface area contributed by atoms with Gasteiger partial charge in [-0.05, 0) is 30.7 Å². The number of rotatable bonds is 3. The maximum atomic E-state index is 3.55. The predicted octanol–water partition coefficient (Wildman–Crippen LogP) is 3.56. The van der Waals surface area contributed by atoms with Gasteiger partial charge in [0.2, 0.25) is 0 Å². The molecule has 15 heavy (non-hydrogen) atoms. The van der Waals surface area contributed by atoms with E-state index in [2.05, 4.69) is 40.4 Å². The lowest BCUT2D eigenvalue weighted by Crippen LogP contribution is -2.17. The summed E-state index contributed by atoms with van der Waals surface area (Å²) in [6.45, 7) is 2.14.